The molecule has 0 atom stereocenters. The molecule has 0 radical (unpaired) electrons. The standard InChI is InChI=1S/C8H6ClN3OS/c1-13-8-4-6(14-12-8)5-2-3-7(9)11-10-5/h2-4H,1H3. The minimum Gasteiger partial charge on any atom is -0.480 e. The number of ether oxygens (including phenoxy) is 1. The van der Waals surface area contributed by atoms with Crippen molar-refractivity contribution < 1.29 is 4.74 Å². The van der Waals surface area contributed by atoms with Gasteiger partial charge in [0.2, 0.25) is 5.88 Å². The molecule has 0 N–H and O–H groups in total. The summed E-state index contributed by atoms with van der Waals surface area (Å²) in [5.41, 5.74) is 0.746. The maximum absolute atomic E-state index is 5.62. The first-order chi connectivity index (χ1) is 6.79. The topological polar surface area (TPSA) is 47.9 Å². The fraction of sp³-hybridized carbons (Fsp3) is 0.125. The van der Waals surface area contributed by atoms with Crippen LogP contribution in [0.5, 0.6) is 5.88 Å². The van der Waals surface area contributed by atoms with Gasteiger partial charge in [0.05, 0.1) is 12.0 Å². The minimum atomic E-state index is 0.380. The second-order valence-corrected chi connectivity index (χ2v) is 3.67. The lowest BCUT2D eigenvalue weighted by Crippen LogP contribution is -1.84. The largest absolute Gasteiger partial charge is 0.480 e. The zero-order valence-corrected chi connectivity index (χ0v) is 8.84. The van der Waals surface area contributed by atoms with Crippen LogP contribution >= 0.6 is 23.1 Å². The van der Waals surface area contributed by atoms with Crippen LogP contribution in [-0.4, -0.2) is 21.7 Å². The number of hydrogen-bond acceptors (Lipinski definition) is 5. The van der Waals surface area contributed by atoms with Crippen molar-refractivity contribution in [2.75, 3.05) is 7.11 Å². The van der Waals surface area contributed by atoms with E-state index in [9.17, 15) is 0 Å². The second kappa shape index (κ2) is 3.89. The van der Waals surface area contributed by atoms with E-state index < -0.39 is 0 Å². The van der Waals surface area contributed by atoms with Gasteiger partial charge in [-0.2, -0.15) is 4.37 Å². The number of halogens is 1. The molecular formula is C8H6ClN3OS. The summed E-state index contributed by atoms with van der Waals surface area (Å²) in [4.78, 5) is 0.908. The van der Waals surface area contributed by atoms with Crippen molar-refractivity contribution in [2.24, 2.45) is 0 Å². The van der Waals surface area contributed by atoms with E-state index in [2.05, 4.69) is 14.6 Å². The Morgan fingerprint density at radius 2 is 2.21 bits per heavy atom. The average Bonchev–Trinajstić information content (AvgIpc) is 2.67. The van der Waals surface area contributed by atoms with Gasteiger partial charge in [-0.15, -0.1) is 10.2 Å². The van der Waals surface area contributed by atoms with Crippen molar-refractivity contribution in [3.63, 3.8) is 0 Å². The summed E-state index contributed by atoms with van der Waals surface area (Å²) in [6, 6.07) is 5.29. The lowest BCUT2D eigenvalue weighted by molar-refractivity contribution is 0.403. The van der Waals surface area contributed by atoms with Crippen LogP contribution in [0.4, 0.5) is 0 Å². The summed E-state index contributed by atoms with van der Waals surface area (Å²) < 4.78 is 9.02. The van der Waals surface area contributed by atoms with Crippen LogP contribution in [-0.2, 0) is 0 Å². The van der Waals surface area contributed by atoms with Gasteiger partial charge in [-0.25, -0.2) is 0 Å². The number of aromatic nitrogens is 3. The Kier molecular flexibility index (Phi) is 2.60. The third kappa shape index (κ3) is 1.83. The Morgan fingerprint density at radius 1 is 1.36 bits per heavy atom. The molecule has 2 heterocycles. The minimum absolute atomic E-state index is 0.380. The van der Waals surface area contributed by atoms with Crippen LogP contribution in [0.15, 0.2) is 18.2 Å². The lowest BCUT2D eigenvalue weighted by atomic mass is 10.3. The molecule has 2 aromatic rings. The molecule has 6 heteroatoms. The Hall–Kier alpha value is -1.20. The highest BCUT2D eigenvalue weighted by Crippen LogP contribution is 2.25. The molecule has 0 aliphatic rings. The lowest BCUT2D eigenvalue weighted by Gasteiger charge is -1.92. The molecule has 14 heavy (non-hydrogen) atoms. The Labute approximate surface area is 89.7 Å². The van der Waals surface area contributed by atoms with Crippen LogP contribution in [0, 0.1) is 0 Å². The highest BCUT2D eigenvalue weighted by atomic mass is 35.5. The molecule has 72 valence electrons. The van der Waals surface area contributed by atoms with E-state index in [1.54, 1.807) is 19.2 Å². The molecule has 0 amide bonds. The highest BCUT2D eigenvalue weighted by molar-refractivity contribution is 7.09. The quantitative estimate of drug-likeness (QED) is 0.790. The second-order valence-electron chi connectivity index (χ2n) is 2.47. The number of methoxy groups -OCH3 is 1. The number of rotatable bonds is 2. The van der Waals surface area contributed by atoms with Gasteiger partial charge in [-0.1, -0.05) is 11.6 Å². The van der Waals surface area contributed by atoms with Crippen molar-refractivity contribution in [1.29, 1.82) is 0 Å². The van der Waals surface area contributed by atoms with Crippen LogP contribution in [0.2, 0.25) is 5.15 Å². The third-order valence-corrected chi connectivity index (χ3v) is 2.58. The Bertz CT molecular complexity index is 428. The predicted octanol–water partition coefficient (Wildman–Crippen LogP) is 2.26. The van der Waals surface area contributed by atoms with E-state index in [4.69, 9.17) is 16.3 Å². The third-order valence-electron chi connectivity index (χ3n) is 1.58. The predicted molar refractivity (Wildman–Crippen MR) is 54.7 cm³/mol. The van der Waals surface area contributed by atoms with Crippen LogP contribution in [0.25, 0.3) is 10.6 Å². The molecule has 0 saturated carbocycles. The van der Waals surface area contributed by atoms with Gasteiger partial charge in [0, 0.05) is 6.07 Å². The smallest absolute Gasteiger partial charge is 0.225 e. The molecule has 4 nitrogen and oxygen atoms in total. The van der Waals surface area contributed by atoms with Crippen molar-refractivity contribution >= 4 is 23.1 Å². The fourth-order valence-corrected chi connectivity index (χ4v) is 1.70. The summed E-state index contributed by atoms with van der Waals surface area (Å²) in [5.74, 6) is 0.585. The first kappa shape index (κ1) is 9.36. The maximum Gasteiger partial charge on any atom is 0.225 e. The summed E-state index contributed by atoms with van der Waals surface area (Å²) in [6.07, 6.45) is 0. The van der Waals surface area contributed by atoms with Crippen LogP contribution in [0.1, 0.15) is 0 Å². The summed E-state index contributed by atoms with van der Waals surface area (Å²) in [6.45, 7) is 0. The van der Waals surface area contributed by atoms with Crippen molar-refractivity contribution in [2.45, 2.75) is 0 Å². The van der Waals surface area contributed by atoms with Crippen molar-refractivity contribution in [3.05, 3.63) is 23.4 Å². The van der Waals surface area contributed by atoms with E-state index >= 15 is 0 Å². The zero-order chi connectivity index (χ0) is 9.97. The zero-order valence-electron chi connectivity index (χ0n) is 7.27. The van der Waals surface area contributed by atoms with Gasteiger partial charge in [0.25, 0.3) is 0 Å². The molecule has 0 aliphatic heterocycles. The van der Waals surface area contributed by atoms with Crippen molar-refractivity contribution in [3.8, 4) is 16.5 Å². The summed E-state index contributed by atoms with van der Waals surface area (Å²) in [5, 5.41) is 8.05. The molecular weight excluding hydrogens is 222 g/mol. The molecule has 0 bridgehead atoms. The molecule has 0 saturated heterocycles. The summed E-state index contributed by atoms with van der Waals surface area (Å²) >= 11 is 6.93. The van der Waals surface area contributed by atoms with Gasteiger partial charge < -0.3 is 4.74 Å². The average molecular weight is 228 g/mol. The molecule has 0 spiro atoms. The molecule has 0 aromatic carbocycles. The normalized spacial score (nSPS) is 10.1. The number of hydrogen-bond donors (Lipinski definition) is 0. The Balaban J connectivity index is 2.34. The van der Waals surface area contributed by atoms with Crippen molar-refractivity contribution in [1.82, 2.24) is 14.6 Å². The molecule has 0 aliphatic carbocycles. The monoisotopic (exact) mass is 227 g/mol. The SMILES string of the molecule is COc1cc(-c2ccc(Cl)nn2)sn1. The molecule has 0 fully saturated rings. The highest BCUT2D eigenvalue weighted by Gasteiger charge is 2.05. The fourth-order valence-electron chi connectivity index (χ4n) is 0.923. The van der Waals surface area contributed by atoms with Gasteiger partial charge >= 0.3 is 0 Å². The first-order valence-electron chi connectivity index (χ1n) is 3.80. The van der Waals surface area contributed by atoms with Crippen LogP contribution < -0.4 is 4.74 Å². The van der Waals surface area contributed by atoms with E-state index in [1.165, 1.54) is 11.5 Å². The van der Waals surface area contributed by atoms with Gasteiger partial charge in [-0.3, -0.25) is 0 Å². The van der Waals surface area contributed by atoms with Crippen LogP contribution in [0.3, 0.4) is 0 Å². The molecule has 2 aromatic heterocycles. The first-order valence-corrected chi connectivity index (χ1v) is 4.95. The molecule has 0 unspecified atom stereocenters. The van der Waals surface area contributed by atoms with E-state index in [0.717, 1.165) is 10.6 Å². The van der Waals surface area contributed by atoms with Gasteiger partial charge in [0.15, 0.2) is 5.15 Å². The van der Waals surface area contributed by atoms with Gasteiger partial charge in [0.1, 0.15) is 5.69 Å². The molecule has 2 rings (SSSR count). The van der Waals surface area contributed by atoms with E-state index in [0.29, 0.717) is 11.0 Å². The number of nitrogens with zero attached hydrogens (tertiary/aromatic N) is 3. The summed E-state index contributed by atoms with van der Waals surface area (Å²) in [7, 11) is 1.58. The van der Waals surface area contributed by atoms with Gasteiger partial charge in [-0.05, 0) is 23.7 Å². The maximum atomic E-state index is 5.62. The Morgan fingerprint density at radius 3 is 2.79 bits per heavy atom. The van der Waals surface area contributed by atoms with E-state index in [1.807, 2.05) is 6.07 Å². The van der Waals surface area contributed by atoms with E-state index in [-0.39, 0.29) is 0 Å².